The molecule has 0 aliphatic rings. The Morgan fingerprint density at radius 1 is 1.33 bits per heavy atom. The van der Waals surface area contributed by atoms with Gasteiger partial charge >= 0.3 is 0 Å². The number of methoxy groups -OCH3 is 2. The molecule has 3 nitrogen and oxygen atoms in total. The Balaban J connectivity index is 3.01. The molecule has 0 spiro atoms. The zero-order chi connectivity index (χ0) is 8.97. The summed E-state index contributed by atoms with van der Waals surface area (Å²) in [4.78, 5) is 0. The first kappa shape index (κ1) is 8.87. The molecule has 12 heavy (non-hydrogen) atoms. The first-order valence-corrected chi connectivity index (χ1v) is 3.64. The lowest BCUT2D eigenvalue weighted by Crippen LogP contribution is -1.98. The van der Waals surface area contributed by atoms with Crippen LogP contribution in [0.1, 0.15) is 5.56 Å². The molecule has 0 saturated heterocycles. The van der Waals surface area contributed by atoms with Crippen LogP contribution in [0.25, 0.3) is 0 Å². The van der Waals surface area contributed by atoms with Gasteiger partial charge in [0, 0.05) is 18.7 Å². The van der Waals surface area contributed by atoms with Gasteiger partial charge in [0.15, 0.2) is 0 Å². The smallest absolute Gasteiger partial charge is 0.130 e. The van der Waals surface area contributed by atoms with Gasteiger partial charge in [-0.2, -0.15) is 0 Å². The molecule has 0 bridgehead atoms. The van der Waals surface area contributed by atoms with Gasteiger partial charge in [0.1, 0.15) is 11.5 Å². The zero-order valence-electron chi connectivity index (χ0n) is 7.26. The Hall–Kier alpha value is -1.22. The third-order valence-electron chi connectivity index (χ3n) is 1.55. The summed E-state index contributed by atoms with van der Waals surface area (Å²) >= 11 is 0. The van der Waals surface area contributed by atoms with Crippen molar-refractivity contribution >= 4 is 0 Å². The van der Waals surface area contributed by atoms with E-state index in [1.54, 1.807) is 20.3 Å². The van der Waals surface area contributed by atoms with E-state index in [4.69, 9.17) is 15.2 Å². The normalized spacial score (nSPS) is 9.58. The zero-order valence-corrected chi connectivity index (χ0v) is 7.26. The van der Waals surface area contributed by atoms with E-state index in [-0.39, 0.29) is 0 Å². The minimum Gasteiger partial charge on any atom is -0.497 e. The number of nitrogens with two attached hydrogens (primary N) is 1. The van der Waals surface area contributed by atoms with Crippen LogP contribution in [-0.2, 0) is 6.54 Å². The SMILES string of the molecule is COc1[c]c(CN)cc(OC)c1. The number of rotatable bonds is 3. The maximum atomic E-state index is 5.45. The average molecular weight is 166 g/mol. The highest BCUT2D eigenvalue weighted by Crippen LogP contribution is 2.21. The molecule has 0 aliphatic heterocycles. The van der Waals surface area contributed by atoms with Gasteiger partial charge in [0.25, 0.3) is 0 Å². The first-order valence-electron chi connectivity index (χ1n) is 3.64. The monoisotopic (exact) mass is 166 g/mol. The lowest BCUT2D eigenvalue weighted by atomic mass is 10.2. The van der Waals surface area contributed by atoms with Crippen molar-refractivity contribution in [2.24, 2.45) is 5.73 Å². The number of hydrogen-bond donors (Lipinski definition) is 1. The Kier molecular flexibility index (Phi) is 2.94. The minimum absolute atomic E-state index is 0.438. The molecule has 0 unspecified atom stereocenters. The molecule has 2 N–H and O–H groups in total. The molecule has 0 amide bonds. The fourth-order valence-corrected chi connectivity index (χ4v) is 0.911. The quantitative estimate of drug-likeness (QED) is 0.727. The van der Waals surface area contributed by atoms with E-state index < -0.39 is 0 Å². The highest BCUT2D eigenvalue weighted by Gasteiger charge is 1.99. The van der Waals surface area contributed by atoms with Gasteiger partial charge in [-0.3, -0.25) is 0 Å². The van der Waals surface area contributed by atoms with Crippen molar-refractivity contribution in [2.75, 3.05) is 14.2 Å². The molecule has 1 aromatic carbocycles. The molecule has 3 heteroatoms. The Labute approximate surface area is 72.1 Å². The Morgan fingerprint density at radius 2 is 2.08 bits per heavy atom. The molecular weight excluding hydrogens is 154 g/mol. The molecule has 0 heterocycles. The van der Waals surface area contributed by atoms with E-state index in [2.05, 4.69) is 6.07 Å². The second-order valence-electron chi connectivity index (χ2n) is 2.32. The third-order valence-corrected chi connectivity index (χ3v) is 1.55. The van der Waals surface area contributed by atoms with Gasteiger partial charge in [0.05, 0.1) is 14.2 Å². The summed E-state index contributed by atoms with van der Waals surface area (Å²) in [5, 5.41) is 0. The standard InChI is InChI=1S/C9H12NO2/c1-11-8-3-7(6-10)4-9(5-8)12-2/h3,5H,6,10H2,1-2H3. The fourth-order valence-electron chi connectivity index (χ4n) is 0.911. The van der Waals surface area contributed by atoms with Gasteiger partial charge in [-0.05, 0) is 11.6 Å². The van der Waals surface area contributed by atoms with E-state index in [0.29, 0.717) is 12.3 Å². The molecule has 65 valence electrons. The maximum Gasteiger partial charge on any atom is 0.130 e. The molecule has 0 atom stereocenters. The Morgan fingerprint density at radius 3 is 2.58 bits per heavy atom. The number of ether oxygens (including phenoxy) is 2. The van der Waals surface area contributed by atoms with Crippen molar-refractivity contribution in [1.29, 1.82) is 0 Å². The van der Waals surface area contributed by atoms with Gasteiger partial charge in [-0.25, -0.2) is 0 Å². The summed E-state index contributed by atoms with van der Waals surface area (Å²) in [5.74, 6) is 1.39. The summed E-state index contributed by atoms with van der Waals surface area (Å²) in [6.07, 6.45) is 0. The van der Waals surface area contributed by atoms with Crippen LogP contribution < -0.4 is 15.2 Å². The van der Waals surface area contributed by atoms with Crippen LogP contribution >= 0.6 is 0 Å². The van der Waals surface area contributed by atoms with Crippen molar-refractivity contribution in [3.05, 3.63) is 23.8 Å². The molecule has 1 radical (unpaired) electrons. The maximum absolute atomic E-state index is 5.45. The second kappa shape index (κ2) is 3.97. The molecular formula is C9H12NO2. The predicted molar refractivity (Wildman–Crippen MR) is 46.3 cm³/mol. The lowest BCUT2D eigenvalue weighted by molar-refractivity contribution is 0.393. The lowest BCUT2D eigenvalue weighted by Gasteiger charge is -2.05. The largest absolute Gasteiger partial charge is 0.497 e. The second-order valence-corrected chi connectivity index (χ2v) is 2.32. The Bertz CT molecular complexity index is 205. The molecule has 0 fully saturated rings. The summed E-state index contributed by atoms with van der Waals surface area (Å²) in [6.45, 7) is 0.438. The van der Waals surface area contributed by atoms with E-state index in [9.17, 15) is 0 Å². The van der Waals surface area contributed by atoms with Crippen LogP contribution in [0.5, 0.6) is 11.5 Å². The van der Waals surface area contributed by atoms with Crippen molar-refractivity contribution in [3.8, 4) is 11.5 Å². The molecule has 0 aromatic heterocycles. The van der Waals surface area contributed by atoms with Crippen molar-refractivity contribution < 1.29 is 9.47 Å². The van der Waals surface area contributed by atoms with Gasteiger partial charge < -0.3 is 15.2 Å². The fraction of sp³-hybridized carbons (Fsp3) is 0.333. The third kappa shape index (κ3) is 1.89. The number of benzene rings is 1. The summed E-state index contributed by atoms with van der Waals surface area (Å²) in [5.41, 5.74) is 6.34. The minimum atomic E-state index is 0.438. The van der Waals surface area contributed by atoms with Crippen molar-refractivity contribution in [2.45, 2.75) is 6.54 Å². The van der Waals surface area contributed by atoms with E-state index >= 15 is 0 Å². The van der Waals surface area contributed by atoms with E-state index in [1.807, 2.05) is 6.07 Å². The van der Waals surface area contributed by atoms with Gasteiger partial charge in [-0.1, -0.05) is 0 Å². The summed E-state index contributed by atoms with van der Waals surface area (Å²) in [6, 6.07) is 6.59. The topological polar surface area (TPSA) is 44.5 Å². The first-order chi connectivity index (χ1) is 5.80. The summed E-state index contributed by atoms with van der Waals surface area (Å²) < 4.78 is 10.1. The molecule has 0 saturated carbocycles. The van der Waals surface area contributed by atoms with Crippen LogP contribution in [0, 0.1) is 6.07 Å². The van der Waals surface area contributed by atoms with Crippen molar-refractivity contribution in [3.63, 3.8) is 0 Å². The van der Waals surface area contributed by atoms with Crippen LogP contribution in [0.3, 0.4) is 0 Å². The summed E-state index contributed by atoms with van der Waals surface area (Å²) in [7, 11) is 3.20. The van der Waals surface area contributed by atoms with E-state index in [1.165, 1.54) is 0 Å². The van der Waals surface area contributed by atoms with Crippen LogP contribution in [-0.4, -0.2) is 14.2 Å². The molecule has 1 rings (SSSR count). The van der Waals surface area contributed by atoms with Crippen molar-refractivity contribution in [1.82, 2.24) is 0 Å². The average Bonchev–Trinajstić information content (AvgIpc) is 2.16. The molecule has 0 aliphatic carbocycles. The van der Waals surface area contributed by atoms with Crippen LogP contribution in [0.4, 0.5) is 0 Å². The van der Waals surface area contributed by atoms with Gasteiger partial charge in [-0.15, -0.1) is 0 Å². The van der Waals surface area contributed by atoms with E-state index in [0.717, 1.165) is 11.3 Å². The van der Waals surface area contributed by atoms with Crippen LogP contribution in [0.15, 0.2) is 12.1 Å². The van der Waals surface area contributed by atoms with Gasteiger partial charge in [0.2, 0.25) is 0 Å². The highest BCUT2D eigenvalue weighted by molar-refractivity contribution is 5.37. The predicted octanol–water partition coefficient (Wildman–Crippen LogP) is 0.963. The highest BCUT2D eigenvalue weighted by atomic mass is 16.5. The molecule has 1 aromatic rings. The number of hydrogen-bond acceptors (Lipinski definition) is 3. The van der Waals surface area contributed by atoms with Crippen LogP contribution in [0.2, 0.25) is 0 Å².